The van der Waals surface area contributed by atoms with Crippen molar-refractivity contribution in [2.45, 2.75) is 56.9 Å². The van der Waals surface area contributed by atoms with Crippen LogP contribution >= 0.6 is 11.6 Å². The fraction of sp³-hybridized carbons (Fsp3) is 0.500. The maximum absolute atomic E-state index is 14.2. The maximum atomic E-state index is 14.2. The number of hydrogen-bond acceptors (Lipinski definition) is 3. The number of hydrogen-bond donors (Lipinski definition) is 1. The van der Waals surface area contributed by atoms with E-state index in [-0.39, 0.29) is 5.56 Å². The van der Waals surface area contributed by atoms with Crippen LogP contribution in [0.3, 0.4) is 0 Å². The highest BCUT2D eigenvalue weighted by Crippen LogP contribution is 2.45. The van der Waals surface area contributed by atoms with Crippen molar-refractivity contribution in [2.75, 3.05) is 19.7 Å². The Hall–Kier alpha value is -2.11. The summed E-state index contributed by atoms with van der Waals surface area (Å²) in [4.78, 5) is 13.7. The number of nitrogens with zero attached hydrogens (tertiary/aromatic N) is 1. The van der Waals surface area contributed by atoms with Gasteiger partial charge in [-0.1, -0.05) is 23.7 Å². The molecule has 2 aromatic carbocycles. The van der Waals surface area contributed by atoms with Crippen LogP contribution in [0.25, 0.3) is 0 Å². The molecule has 1 aliphatic heterocycles. The van der Waals surface area contributed by atoms with Gasteiger partial charge in [0.1, 0.15) is 11.6 Å². The smallest absolute Gasteiger partial charge is 0.338 e. The van der Waals surface area contributed by atoms with E-state index in [9.17, 15) is 14.3 Å². The van der Waals surface area contributed by atoms with Gasteiger partial charge in [0.2, 0.25) is 0 Å². The zero-order valence-electron chi connectivity index (χ0n) is 18.2. The minimum Gasteiger partial charge on any atom is -0.493 e. The molecule has 2 saturated carbocycles. The molecule has 2 aromatic rings. The molecule has 0 atom stereocenters. The van der Waals surface area contributed by atoms with Gasteiger partial charge < -0.3 is 9.84 Å². The third-order valence-corrected chi connectivity index (χ3v) is 7.40. The quantitative estimate of drug-likeness (QED) is 0.511. The second-order valence-corrected chi connectivity index (χ2v) is 10.0. The highest BCUT2D eigenvalue weighted by Gasteiger charge is 2.30. The molecule has 1 saturated heterocycles. The number of ether oxygens (including phenoxy) is 1. The van der Waals surface area contributed by atoms with Crippen molar-refractivity contribution in [1.29, 1.82) is 0 Å². The summed E-state index contributed by atoms with van der Waals surface area (Å²) in [6, 6.07) is 9.28. The molecule has 0 radical (unpaired) electrons. The van der Waals surface area contributed by atoms with Crippen LogP contribution in [0.4, 0.5) is 4.39 Å². The minimum absolute atomic E-state index is 0.267. The maximum Gasteiger partial charge on any atom is 0.338 e. The summed E-state index contributed by atoms with van der Waals surface area (Å²) in [5.41, 5.74) is 3.13. The molecule has 1 heterocycles. The Balaban J connectivity index is 1.15. The number of rotatable bonds is 8. The second-order valence-electron chi connectivity index (χ2n) is 9.60. The first kappa shape index (κ1) is 21.7. The minimum atomic E-state index is -1.23. The number of piperidine rings is 1. The van der Waals surface area contributed by atoms with Gasteiger partial charge in [-0.2, -0.15) is 0 Å². The van der Waals surface area contributed by atoms with Crippen molar-refractivity contribution in [3.8, 4) is 5.75 Å². The molecular formula is C26H29ClFNO3. The van der Waals surface area contributed by atoms with E-state index in [2.05, 4.69) is 23.1 Å². The predicted octanol–water partition coefficient (Wildman–Crippen LogP) is 6.22. The summed E-state index contributed by atoms with van der Waals surface area (Å²) >= 11 is 6.54. The molecular weight excluding hydrogens is 429 g/mol. The molecule has 0 unspecified atom stereocenters. The molecule has 4 nitrogen and oxygen atoms in total. The molecule has 0 amide bonds. The Morgan fingerprint density at radius 2 is 1.78 bits per heavy atom. The molecule has 0 aromatic heterocycles. The SMILES string of the molecule is O=C(O)c1cc(C2CC2)c(OCC2CCN(Cc3ccc(C4CC4)cc3Cl)CC2)cc1F. The van der Waals surface area contributed by atoms with E-state index in [1.165, 1.54) is 36.1 Å². The van der Waals surface area contributed by atoms with Gasteiger partial charge in [0.05, 0.1) is 12.2 Å². The normalized spacial score (nSPS) is 19.8. The van der Waals surface area contributed by atoms with Gasteiger partial charge in [0.15, 0.2) is 0 Å². The Kier molecular flexibility index (Phi) is 6.13. The third-order valence-electron chi connectivity index (χ3n) is 7.05. The van der Waals surface area contributed by atoms with Crippen molar-refractivity contribution in [3.63, 3.8) is 0 Å². The van der Waals surface area contributed by atoms with E-state index in [0.29, 0.717) is 30.1 Å². The van der Waals surface area contributed by atoms with Gasteiger partial charge in [-0.05, 0) is 98.2 Å². The number of aromatic carboxylic acids is 1. The third kappa shape index (κ3) is 4.94. The van der Waals surface area contributed by atoms with Gasteiger partial charge in [-0.15, -0.1) is 0 Å². The van der Waals surface area contributed by atoms with Crippen LogP contribution in [0.15, 0.2) is 30.3 Å². The topological polar surface area (TPSA) is 49.8 Å². The summed E-state index contributed by atoms with van der Waals surface area (Å²) in [6.07, 6.45) is 6.61. The molecule has 0 spiro atoms. The lowest BCUT2D eigenvalue weighted by Crippen LogP contribution is -2.35. The van der Waals surface area contributed by atoms with Crippen molar-refractivity contribution in [3.05, 3.63) is 63.4 Å². The first-order valence-corrected chi connectivity index (χ1v) is 12.1. The average Bonchev–Trinajstić information content (AvgIpc) is 3.68. The van der Waals surface area contributed by atoms with Crippen molar-refractivity contribution < 1.29 is 19.0 Å². The lowest BCUT2D eigenvalue weighted by molar-refractivity contribution is 0.0691. The number of carbonyl (C=O) groups is 1. The summed E-state index contributed by atoms with van der Waals surface area (Å²) in [6.45, 7) is 3.37. The van der Waals surface area contributed by atoms with Gasteiger partial charge in [0, 0.05) is 17.6 Å². The largest absolute Gasteiger partial charge is 0.493 e. The Bertz CT molecular complexity index is 1010. The fourth-order valence-electron chi connectivity index (χ4n) is 4.70. The molecule has 3 fully saturated rings. The van der Waals surface area contributed by atoms with Crippen LogP contribution in [-0.4, -0.2) is 35.7 Å². The Labute approximate surface area is 193 Å². The van der Waals surface area contributed by atoms with E-state index in [0.717, 1.165) is 55.9 Å². The number of carboxylic acids is 1. The lowest BCUT2D eigenvalue weighted by atomic mass is 9.97. The standard InChI is InChI=1S/C26H29ClFNO3/c27-23-11-19(17-1-2-17)5-6-20(23)14-29-9-7-16(8-10-29)15-32-25-13-24(28)22(26(30)31)12-21(25)18-3-4-18/h5-6,11-13,16-18H,1-4,7-10,14-15H2,(H,30,31). The molecule has 0 bridgehead atoms. The van der Waals surface area contributed by atoms with E-state index < -0.39 is 11.8 Å². The van der Waals surface area contributed by atoms with Crippen LogP contribution in [0.1, 0.15) is 77.4 Å². The van der Waals surface area contributed by atoms with Crippen LogP contribution in [-0.2, 0) is 6.54 Å². The average molecular weight is 458 g/mol. The van der Waals surface area contributed by atoms with Crippen LogP contribution in [0.5, 0.6) is 5.75 Å². The first-order valence-electron chi connectivity index (χ1n) is 11.7. The molecule has 32 heavy (non-hydrogen) atoms. The van der Waals surface area contributed by atoms with Crippen molar-refractivity contribution >= 4 is 17.6 Å². The Morgan fingerprint density at radius 1 is 1.06 bits per heavy atom. The summed E-state index contributed by atoms with van der Waals surface area (Å²) in [5, 5.41) is 10.1. The van der Waals surface area contributed by atoms with Crippen LogP contribution in [0, 0.1) is 11.7 Å². The molecule has 3 aliphatic rings. The predicted molar refractivity (Wildman–Crippen MR) is 122 cm³/mol. The van der Waals surface area contributed by atoms with E-state index in [1.807, 2.05) is 0 Å². The number of halogens is 2. The monoisotopic (exact) mass is 457 g/mol. The van der Waals surface area contributed by atoms with Gasteiger partial charge >= 0.3 is 5.97 Å². The summed E-state index contributed by atoms with van der Waals surface area (Å²) in [5.74, 6) is -0.0248. The molecule has 5 rings (SSSR count). The zero-order chi connectivity index (χ0) is 22.2. The number of likely N-dealkylation sites (tertiary alicyclic amines) is 1. The van der Waals surface area contributed by atoms with E-state index in [1.54, 1.807) is 0 Å². The summed E-state index contributed by atoms with van der Waals surface area (Å²) in [7, 11) is 0. The highest BCUT2D eigenvalue weighted by atomic mass is 35.5. The fourth-order valence-corrected chi connectivity index (χ4v) is 4.94. The zero-order valence-corrected chi connectivity index (χ0v) is 18.9. The van der Waals surface area contributed by atoms with Crippen molar-refractivity contribution in [2.24, 2.45) is 5.92 Å². The van der Waals surface area contributed by atoms with Gasteiger partial charge in [-0.25, -0.2) is 9.18 Å². The van der Waals surface area contributed by atoms with Crippen LogP contribution in [0.2, 0.25) is 5.02 Å². The lowest BCUT2D eigenvalue weighted by Gasteiger charge is -2.32. The number of carboxylic acid groups (broad SMARTS) is 1. The second kappa shape index (κ2) is 9.03. The first-order chi connectivity index (χ1) is 15.5. The number of benzene rings is 2. The summed E-state index contributed by atoms with van der Waals surface area (Å²) < 4.78 is 20.3. The molecule has 6 heteroatoms. The van der Waals surface area contributed by atoms with E-state index >= 15 is 0 Å². The van der Waals surface area contributed by atoms with Gasteiger partial charge in [0.25, 0.3) is 0 Å². The van der Waals surface area contributed by atoms with Crippen LogP contribution < -0.4 is 4.74 Å². The highest BCUT2D eigenvalue weighted by molar-refractivity contribution is 6.31. The van der Waals surface area contributed by atoms with Gasteiger partial charge in [-0.3, -0.25) is 4.90 Å². The Morgan fingerprint density at radius 3 is 2.41 bits per heavy atom. The molecule has 1 N–H and O–H groups in total. The molecule has 170 valence electrons. The molecule has 2 aliphatic carbocycles. The van der Waals surface area contributed by atoms with E-state index in [4.69, 9.17) is 16.3 Å². The van der Waals surface area contributed by atoms with Crippen molar-refractivity contribution in [1.82, 2.24) is 4.90 Å².